The molecular weight excluding hydrogens is 257 g/mol. The number of pyridine rings is 1. The third-order valence-corrected chi connectivity index (χ3v) is 3.88. The number of fused-ring (bicyclic) bond motifs is 1. The Morgan fingerprint density at radius 2 is 2.15 bits per heavy atom. The first-order chi connectivity index (χ1) is 9.70. The average molecular weight is 277 g/mol. The van der Waals surface area contributed by atoms with Gasteiger partial charge in [-0.05, 0) is 44.0 Å². The molecule has 2 aromatic heterocycles. The number of piperidine rings is 1. The molecule has 6 heteroatoms. The fourth-order valence-electron chi connectivity index (χ4n) is 2.54. The standard InChI is InChI=1S/C14H20FN5/c1-11-4-7-19(8-5-11)9-6-16-14-17-13-3-2-12(15)10-20(13)18-14/h2-3,10-11H,4-9H2,1H3,(H,16,18). The predicted octanol–water partition coefficient (Wildman–Crippen LogP) is 2.01. The van der Waals surface area contributed by atoms with Crippen molar-refractivity contribution in [2.75, 3.05) is 31.5 Å². The van der Waals surface area contributed by atoms with E-state index in [2.05, 4.69) is 27.2 Å². The molecule has 0 aromatic carbocycles. The van der Waals surface area contributed by atoms with Crippen molar-refractivity contribution in [2.24, 2.45) is 5.92 Å². The first kappa shape index (κ1) is 13.3. The van der Waals surface area contributed by atoms with E-state index in [0.717, 1.165) is 19.0 Å². The molecule has 3 heterocycles. The van der Waals surface area contributed by atoms with E-state index in [4.69, 9.17) is 0 Å². The first-order valence-corrected chi connectivity index (χ1v) is 7.19. The summed E-state index contributed by atoms with van der Waals surface area (Å²) >= 11 is 0. The fourth-order valence-corrected chi connectivity index (χ4v) is 2.54. The maximum atomic E-state index is 13.1. The summed E-state index contributed by atoms with van der Waals surface area (Å²) in [7, 11) is 0. The van der Waals surface area contributed by atoms with Crippen LogP contribution in [0.25, 0.3) is 5.65 Å². The highest BCUT2D eigenvalue weighted by Gasteiger charge is 2.15. The molecule has 20 heavy (non-hydrogen) atoms. The minimum Gasteiger partial charge on any atom is -0.352 e. The Bertz CT molecular complexity index is 574. The number of halogens is 1. The van der Waals surface area contributed by atoms with Crippen LogP contribution in [-0.4, -0.2) is 45.7 Å². The van der Waals surface area contributed by atoms with E-state index in [1.807, 2.05) is 0 Å². The molecule has 0 aliphatic carbocycles. The molecule has 1 saturated heterocycles. The van der Waals surface area contributed by atoms with Gasteiger partial charge in [-0.25, -0.2) is 8.91 Å². The van der Waals surface area contributed by atoms with Gasteiger partial charge in [-0.3, -0.25) is 0 Å². The second-order valence-corrected chi connectivity index (χ2v) is 5.54. The molecule has 1 N–H and O–H groups in total. The van der Waals surface area contributed by atoms with Gasteiger partial charge in [0, 0.05) is 13.1 Å². The number of aromatic nitrogens is 3. The van der Waals surface area contributed by atoms with Crippen molar-refractivity contribution in [3.8, 4) is 0 Å². The van der Waals surface area contributed by atoms with Gasteiger partial charge in [0.1, 0.15) is 5.82 Å². The van der Waals surface area contributed by atoms with Crippen LogP contribution < -0.4 is 5.32 Å². The number of rotatable bonds is 4. The van der Waals surface area contributed by atoms with Crippen molar-refractivity contribution in [3.05, 3.63) is 24.1 Å². The van der Waals surface area contributed by atoms with Gasteiger partial charge in [0.15, 0.2) is 5.65 Å². The molecule has 0 unspecified atom stereocenters. The fraction of sp³-hybridized carbons (Fsp3) is 0.571. The van der Waals surface area contributed by atoms with E-state index in [1.165, 1.54) is 42.7 Å². The summed E-state index contributed by atoms with van der Waals surface area (Å²) in [6, 6.07) is 3.02. The van der Waals surface area contributed by atoms with Crippen LogP contribution in [-0.2, 0) is 0 Å². The van der Waals surface area contributed by atoms with Gasteiger partial charge < -0.3 is 10.2 Å². The van der Waals surface area contributed by atoms with E-state index in [-0.39, 0.29) is 5.82 Å². The van der Waals surface area contributed by atoms with Crippen molar-refractivity contribution in [3.63, 3.8) is 0 Å². The normalized spacial score (nSPS) is 17.7. The van der Waals surface area contributed by atoms with Crippen LogP contribution in [0.5, 0.6) is 0 Å². The van der Waals surface area contributed by atoms with Crippen molar-refractivity contribution < 1.29 is 4.39 Å². The average Bonchev–Trinajstić information content (AvgIpc) is 2.83. The van der Waals surface area contributed by atoms with E-state index in [0.29, 0.717) is 11.6 Å². The van der Waals surface area contributed by atoms with Crippen LogP contribution in [0.2, 0.25) is 0 Å². The minimum atomic E-state index is -0.309. The number of anilines is 1. The summed E-state index contributed by atoms with van der Waals surface area (Å²) in [5.74, 6) is 1.10. The first-order valence-electron chi connectivity index (χ1n) is 7.19. The van der Waals surface area contributed by atoms with E-state index in [1.54, 1.807) is 6.07 Å². The molecule has 1 aliphatic rings. The SMILES string of the molecule is CC1CCN(CCNc2nc3ccc(F)cn3n2)CC1. The van der Waals surface area contributed by atoms with E-state index >= 15 is 0 Å². The maximum Gasteiger partial charge on any atom is 0.243 e. The Morgan fingerprint density at radius 1 is 1.35 bits per heavy atom. The number of hydrogen-bond acceptors (Lipinski definition) is 4. The van der Waals surface area contributed by atoms with Gasteiger partial charge in [0.05, 0.1) is 6.20 Å². The van der Waals surface area contributed by atoms with Gasteiger partial charge in [0.2, 0.25) is 5.95 Å². The summed E-state index contributed by atoms with van der Waals surface area (Å²) in [6.45, 7) is 6.47. The van der Waals surface area contributed by atoms with Crippen molar-refractivity contribution >= 4 is 11.6 Å². The molecule has 0 bridgehead atoms. The molecule has 1 aliphatic heterocycles. The molecule has 0 amide bonds. The van der Waals surface area contributed by atoms with Crippen molar-refractivity contribution in [1.29, 1.82) is 0 Å². The summed E-state index contributed by atoms with van der Waals surface area (Å²) in [6.07, 6.45) is 3.90. The molecule has 0 radical (unpaired) electrons. The molecule has 2 aromatic rings. The topological polar surface area (TPSA) is 45.5 Å². The number of nitrogens with zero attached hydrogens (tertiary/aromatic N) is 4. The highest BCUT2D eigenvalue weighted by molar-refractivity contribution is 5.42. The number of hydrogen-bond donors (Lipinski definition) is 1. The van der Waals surface area contributed by atoms with E-state index in [9.17, 15) is 4.39 Å². The van der Waals surface area contributed by atoms with E-state index < -0.39 is 0 Å². The molecule has 0 saturated carbocycles. The van der Waals surface area contributed by atoms with Gasteiger partial charge in [-0.2, -0.15) is 4.98 Å². The Hall–Kier alpha value is -1.69. The van der Waals surface area contributed by atoms with Crippen LogP contribution in [0.15, 0.2) is 18.3 Å². The molecule has 0 atom stereocenters. The third kappa shape index (κ3) is 3.07. The lowest BCUT2D eigenvalue weighted by Gasteiger charge is -2.29. The third-order valence-electron chi connectivity index (χ3n) is 3.88. The van der Waals surface area contributed by atoms with Gasteiger partial charge in [-0.15, -0.1) is 5.10 Å². The zero-order chi connectivity index (χ0) is 13.9. The second-order valence-electron chi connectivity index (χ2n) is 5.54. The smallest absolute Gasteiger partial charge is 0.243 e. The summed E-state index contributed by atoms with van der Waals surface area (Å²) < 4.78 is 14.5. The largest absolute Gasteiger partial charge is 0.352 e. The minimum absolute atomic E-state index is 0.309. The monoisotopic (exact) mass is 277 g/mol. The Balaban J connectivity index is 1.52. The van der Waals surface area contributed by atoms with Crippen LogP contribution >= 0.6 is 0 Å². The highest BCUT2D eigenvalue weighted by Crippen LogP contribution is 2.15. The van der Waals surface area contributed by atoms with Gasteiger partial charge in [0.25, 0.3) is 0 Å². The van der Waals surface area contributed by atoms with Crippen LogP contribution in [0.3, 0.4) is 0 Å². The second kappa shape index (κ2) is 5.75. The lowest BCUT2D eigenvalue weighted by atomic mass is 9.99. The zero-order valence-corrected chi connectivity index (χ0v) is 11.7. The van der Waals surface area contributed by atoms with Gasteiger partial charge in [-0.1, -0.05) is 6.92 Å². The predicted molar refractivity (Wildman–Crippen MR) is 76.3 cm³/mol. The molecule has 5 nitrogen and oxygen atoms in total. The highest BCUT2D eigenvalue weighted by atomic mass is 19.1. The molecule has 0 spiro atoms. The Labute approximate surface area is 117 Å². The quantitative estimate of drug-likeness (QED) is 0.928. The van der Waals surface area contributed by atoms with Crippen molar-refractivity contribution in [1.82, 2.24) is 19.5 Å². The van der Waals surface area contributed by atoms with Crippen LogP contribution in [0, 0.1) is 11.7 Å². The van der Waals surface area contributed by atoms with Crippen LogP contribution in [0.1, 0.15) is 19.8 Å². The molecule has 3 rings (SSSR count). The summed E-state index contributed by atoms with van der Waals surface area (Å²) in [5, 5.41) is 7.41. The molecule has 1 fully saturated rings. The summed E-state index contributed by atoms with van der Waals surface area (Å²) in [4.78, 5) is 6.76. The maximum absolute atomic E-state index is 13.1. The lowest BCUT2D eigenvalue weighted by Crippen LogP contribution is -2.36. The molecule has 108 valence electrons. The Morgan fingerprint density at radius 3 is 2.95 bits per heavy atom. The number of likely N-dealkylation sites (tertiary alicyclic amines) is 1. The van der Waals surface area contributed by atoms with Gasteiger partial charge >= 0.3 is 0 Å². The zero-order valence-electron chi connectivity index (χ0n) is 11.7. The van der Waals surface area contributed by atoms with Crippen LogP contribution in [0.4, 0.5) is 10.3 Å². The lowest BCUT2D eigenvalue weighted by molar-refractivity contribution is 0.199. The summed E-state index contributed by atoms with van der Waals surface area (Å²) in [5.41, 5.74) is 0.653. The number of nitrogens with one attached hydrogen (secondary N) is 1. The molecular formula is C14H20FN5. The Kier molecular flexibility index (Phi) is 3.82. The van der Waals surface area contributed by atoms with Crippen molar-refractivity contribution in [2.45, 2.75) is 19.8 Å².